The molecule has 2 fully saturated rings. The maximum Gasteiger partial charge on any atom is 0.276 e. The summed E-state index contributed by atoms with van der Waals surface area (Å²) in [7, 11) is 0. The second-order valence-corrected chi connectivity index (χ2v) is 10.5. The van der Waals surface area contributed by atoms with E-state index in [1.165, 1.54) is 19.2 Å². The predicted octanol–water partition coefficient (Wildman–Crippen LogP) is 3.08. The first-order chi connectivity index (χ1) is 17.4. The molecule has 190 valence electrons. The lowest BCUT2D eigenvalue weighted by atomic mass is 10.1. The molecule has 6 rings (SSSR count). The Bertz CT molecular complexity index is 1400. The van der Waals surface area contributed by atoms with Crippen molar-refractivity contribution in [3.63, 3.8) is 0 Å². The Labute approximate surface area is 209 Å². The van der Waals surface area contributed by atoms with Crippen molar-refractivity contribution in [2.75, 3.05) is 25.0 Å². The summed E-state index contributed by atoms with van der Waals surface area (Å²) in [6, 6.07) is 2.08. The smallest absolute Gasteiger partial charge is 0.276 e. The third kappa shape index (κ3) is 3.57. The van der Waals surface area contributed by atoms with Crippen LogP contribution in [-0.4, -0.2) is 55.7 Å². The summed E-state index contributed by atoms with van der Waals surface area (Å²) in [4.78, 5) is 33.4. The number of pyridine rings is 1. The van der Waals surface area contributed by atoms with Crippen LogP contribution in [0.1, 0.15) is 67.1 Å². The van der Waals surface area contributed by atoms with Crippen molar-refractivity contribution in [2.45, 2.75) is 71.0 Å². The molecule has 1 atom stereocenters. The van der Waals surface area contributed by atoms with Crippen LogP contribution in [0.3, 0.4) is 0 Å². The third-order valence-corrected chi connectivity index (χ3v) is 8.09. The molecule has 1 spiro atoms. The van der Waals surface area contributed by atoms with Crippen molar-refractivity contribution in [2.24, 2.45) is 0 Å². The number of hydrogen-bond acceptors (Lipinski definition) is 7. The van der Waals surface area contributed by atoms with Crippen LogP contribution in [0.25, 0.3) is 5.52 Å². The van der Waals surface area contributed by atoms with E-state index in [4.69, 9.17) is 4.74 Å². The molecule has 1 saturated heterocycles. The zero-order chi connectivity index (χ0) is 25.0. The van der Waals surface area contributed by atoms with Gasteiger partial charge in [0.05, 0.1) is 6.20 Å². The molecule has 2 aliphatic heterocycles. The van der Waals surface area contributed by atoms with Crippen molar-refractivity contribution < 1.29 is 9.53 Å². The second-order valence-electron chi connectivity index (χ2n) is 10.5. The number of aryl methyl sites for hydroxylation is 2. The summed E-state index contributed by atoms with van der Waals surface area (Å²) < 4.78 is 9.63. The van der Waals surface area contributed by atoms with E-state index in [9.17, 15) is 9.59 Å². The van der Waals surface area contributed by atoms with Gasteiger partial charge >= 0.3 is 0 Å². The van der Waals surface area contributed by atoms with Gasteiger partial charge in [-0.05, 0) is 84.0 Å². The summed E-state index contributed by atoms with van der Waals surface area (Å²) in [6.45, 7) is 8.90. The van der Waals surface area contributed by atoms with Crippen LogP contribution in [0, 0.1) is 13.8 Å². The van der Waals surface area contributed by atoms with Gasteiger partial charge < -0.3 is 15.4 Å². The molecule has 1 saturated carbocycles. The van der Waals surface area contributed by atoms with Crippen LogP contribution >= 0.6 is 0 Å². The van der Waals surface area contributed by atoms with Crippen molar-refractivity contribution in [1.82, 2.24) is 29.4 Å². The number of carbonyl (C=O) groups excluding carboxylic acids is 1. The normalized spacial score (nSPS) is 19.7. The van der Waals surface area contributed by atoms with Crippen LogP contribution in [0.4, 0.5) is 11.5 Å². The maximum absolute atomic E-state index is 13.7. The highest BCUT2D eigenvalue weighted by atomic mass is 16.5. The Morgan fingerprint density at radius 3 is 2.67 bits per heavy atom. The lowest BCUT2D eigenvalue weighted by Crippen LogP contribution is -2.45. The van der Waals surface area contributed by atoms with Crippen molar-refractivity contribution in [3.8, 4) is 5.75 Å². The molecule has 2 N–H and O–H groups in total. The molecule has 0 aromatic carbocycles. The first-order valence-corrected chi connectivity index (χ1v) is 12.9. The fourth-order valence-electron chi connectivity index (χ4n) is 6.16. The topological polar surface area (TPSA) is 106 Å². The average Bonchev–Trinajstić information content (AvgIpc) is 3.64. The molecule has 3 aromatic heterocycles. The molecule has 3 aliphatic rings. The molecule has 0 unspecified atom stereocenters. The molecule has 10 heteroatoms. The van der Waals surface area contributed by atoms with Crippen LogP contribution < -0.4 is 20.9 Å². The van der Waals surface area contributed by atoms with Gasteiger partial charge in [-0.1, -0.05) is 0 Å². The average molecular weight is 492 g/mol. The summed E-state index contributed by atoms with van der Waals surface area (Å²) in [5, 5.41) is 10.7. The van der Waals surface area contributed by atoms with E-state index in [1.54, 1.807) is 15.1 Å². The molecule has 1 amide bonds. The maximum atomic E-state index is 13.7. The number of nitrogens with zero attached hydrogens (tertiary/aromatic N) is 5. The number of nitrogens with one attached hydrogen (secondary N) is 2. The van der Waals surface area contributed by atoms with E-state index in [1.807, 2.05) is 20.0 Å². The van der Waals surface area contributed by atoms with Gasteiger partial charge in [-0.25, -0.2) is 9.50 Å². The largest absolute Gasteiger partial charge is 0.490 e. The molecule has 3 aromatic rings. The zero-order valence-electron chi connectivity index (χ0n) is 21.1. The van der Waals surface area contributed by atoms with Crippen molar-refractivity contribution in [1.29, 1.82) is 0 Å². The van der Waals surface area contributed by atoms with Gasteiger partial charge in [-0.3, -0.25) is 19.1 Å². The second kappa shape index (κ2) is 8.62. The number of fused-ring (bicyclic) bond motifs is 3. The molecule has 1 aliphatic carbocycles. The van der Waals surface area contributed by atoms with Crippen molar-refractivity contribution >= 4 is 22.9 Å². The molecule has 36 heavy (non-hydrogen) atoms. The summed E-state index contributed by atoms with van der Waals surface area (Å²) in [5.74, 6) is 1.11. The number of ether oxygens (including phenoxy) is 1. The number of rotatable bonds is 6. The third-order valence-electron chi connectivity index (χ3n) is 8.09. The molecular formula is C26H33N7O3. The van der Waals surface area contributed by atoms with Crippen LogP contribution in [0.5, 0.6) is 5.75 Å². The van der Waals surface area contributed by atoms with Gasteiger partial charge in [0, 0.05) is 11.6 Å². The van der Waals surface area contributed by atoms with E-state index in [-0.39, 0.29) is 11.5 Å². The lowest BCUT2D eigenvalue weighted by Gasteiger charge is -2.26. The minimum Gasteiger partial charge on any atom is -0.490 e. The summed E-state index contributed by atoms with van der Waals surface area (Å²) in [5.41, 5.74) is 2.45. The van der Waals surface area contributed by atoms with E-state index in [0.29, 0.717) is 29.8 Å². The Balaban J connectivity index is 1.33. The van der Waals surface area contributed by atoms with E-state index < -0.39 is 5.66 Å². The molecule has 10 nitrogen and oxygen atoms in total. The minimum atomic E-state index is -0.620. The Morgan fingerprint density at radius 1 is 1.17 bits per heavy atom. The number of amides is 1. The summed E-state index contributed by atoms with van der Waals surface area (Å²) in [6.07, 6.45) is 9.32. The highest BCUT2D eigenvalue weighted by Gasteiger charge is 2.46. The van der Waals surface area contributed by atoms with Gasteiger partial charge in [0.25, 0.3) is 11.5 Å². The minimum absolute atomic E-state index is 0.171. The van der Waals surface area contributed by atoms with Gasteiger partial charge in [0.1, 0.15) is 41.2 Å². The zero-order valence-corrected chi connectivity index (χ0v) is 21.1. The number of aromatic nitrogens is 4. The fraction of sp³-hybridized carbons (Fsp3) is 0.538. The van der Waals surface area contributed by atoms with Crippen LogP contribution in [0.15, 0.2) is 23.4 Å². The Hall–Kier alpha value is -3.40. The molecule has 0 radical (unpaired) electrons. The fourth-order valence-corrected chi connectivity index (χ4v) is 6.16. The first-order valence-electron chi connectivity index (χ1n) is 12.9. The van der Waals surface area contributed by atoms with Gasteiger partial charge in [-0.2, -0.15) is 5.10 Å². The summed E-state index contributed by atoms with van der Waals surface area (Å²) >= 11 is 0. The lowest BCUT2D eigenvalue weighted by molar-refractivity contribution is 0.0920. The van der Waals surface area contributed by atoms with Crippen molar-refractivity contribution in [3.05, 3.63) is 45.8 Å². The van der Waals surface area contributed by atoms with Gasteiger partial charge in [0.2, 0.25) is 0 Å². The quantitative estimate of drug-likeness (QED) is 0.546. The molecule has 0 bridgehead atoms. The first kappa shape index (κ1) is 23.0. The molecular weight excluding hydrogens is 458 g/mol. The monoisotopic (exact) mass is 491 g/mol. The number of anilines is 2. The highest BCUT2D eigenvalue weighted by Crippen LogP contribution is 2.39. The van der Waals surface area contributed by atoms with Gasteiger partial charge in [0.15, 0.2) is 5.82 Å². The number of likely N-dealkylation sites (tertiary alicyclic amines) is 1. The standard InChI is InChI=1S/C26H33N7O3/c1-16-12-19(25(35)33-21(16)24(34)30-26(33)8-4-5-9-26)29-23-22-18(3)20(13-32(22)28-15-27-23)36-14-17(2)31-10-6-7-11-31/h12-13,15,17H,4-11,14H2,1-3H3,(H,30,34)(H,27,28,29)/t17-/m0/s1. The van der Waals surface area contributed by atoms with E-state index in [2.05, 4.69) is 32.5 Å². The molecule has 5 heterocycles. The SMILES string of the molecule is Cc1cc(Nc2ncnn3cc(OC[C@H](C)N4CCCC4)c(C)c23)c(=O)n2c1C(=O)NC21CCCC1. The van der Waals surface area contributed by atoms with Crippen LogP contribution in [-0.2, 0) is 5.66 Å². The Morgan fingerprint density at radius 2 is 1.92 bits per heavy atom. The number of hydrogen-bond donors (Lipinski definition) is 2. The Kier molecular flexibility index (Phi) is 5.51. The van der Waals surface area contributed by atoms with E-state index >= 15 is 0 Å². The predicted molar refractivity (Wildman–Crippen MR) is 136 cm³/mol. The van der Waals surface area contributed by atoms with Crippen LogP contribution in [0.2, 0.25) is 0 Å². The van der Waals surface area contributed by atoms with E-state index in [0.717, 1.165) is 61.2 Å². The highest BCUT2D eigenvalue weighted by molar-refractivity contribution is 5.97. The van der Waals surface area contributed by atoms with Gasteiger partial charge in [-0.15, -0.1) is 0 Å². The number of carbonyl (C=O) groups is 1.